The Labute approximate surface area is 133 Å². The van der Waals surface area contributed by atoms with Gasteiger partial charge in [-0.1, -0.05) is 0 Å². The molecule has 1 fully saturated rings. The molecule has 3 aliphatic heterocycles. The van der Waals surface area contributed by atoms with Crippen LogP contribution in [0.3, 0.4) is 0 Å². The molecular weight excluding hydrogens is 296 g/mol. The number of nitrogens with two attached hydrogens (primary N) is 1. The molecular formula is C16H18N4O3. The topological polar surface area (TPSA) is 105 Å². The highest BCUT2D eigenvalue weighted by molar-refractivity contribution is 6.08. The fourth-order valence-corrected chi connectivity index (χ4v) is 3.82. The number of fused-ring (bicyclic) bond motifs is 3. The van der Waals surface area contributed by atoms with Gasteiger partial charge in [0.25, 0.3) is 5.91 Å². The molecule has 0 aliphatic carbocycles. The molecule has 3 aliphatic rings. The Balaban J connectivity index is 1.72. The van der Waals surface area contributed by atoms with Gasteiger partial charge in [0, 0.05) is 25.2 Å². The number of nitrogens with zero attached hydrogens (tertiary/aromatic N) is 1. The Morgan fingerprint density at radius 3 is 2.78 bits per heavy atom. The van der Waals surface area contributed by atoms with Crippen LogP contribution in [0.25, 0.3) is 0 Å². The number of carbonyl (C=O) groups is 3. The van der Waals surface area contributed by atoms with Crippen molar-refractivity contribution in [2.24, 2.45) is 0 Å². The molecule has 0 bridgehead atoms. The van der Waals surface area contributed by atoms with Crippen LogP contribution < -0.4 is 16.4 Å². The first-order chi connectivity index (χ1) is 11.1. The van der Waals surface area contributed by atoms with Crippen LogP contribution in [0.2, 0.25) is 0 Å². The van der Waals surface area contributed by atoms with Crippen molar-refractivity contribution in [1.82, 2.24) is 15.5 Å². The summed E-state index contributed by atoms with van der Waals surface area (Å²) in [6.07, 6.45) is 1.48. The SMILES string of the molecule is Nc1cc2c(c3c1C(=O)N(C1CCC(=O)NC1=O)C3)CCNC2. The van der Waals surface area contributed by atoms with Crippen LogP contribution in [-0.4, -0.2) is 35.2 Å². The van der Waals surface area contributed by atoms with Crippen molar-refractivity contribution in [3.05, 3.63) is 28.3 Å². The summed E-state index contributed by atoms with van der Waals surface area (Å²) < 4.78 is 0. The molecule has 3 amide bonds. The fraction of sp³-hybridized carbons (Fsp3) is 0.438. The first kappa shape index (κ1) is 14.2. The maximum atomic E-state index is 12.8. The lowest BCUT2D eigenvalue weighted by molar-refractivity contribution is -0.136. The minimum Gasteiger partial charge on any atom is -0.398 e. The number of benzene rings is 1. The number of nitrogen functional groups attached to an aromatic ring is 1. The van der Waals surface area contributed by atoms with E-state index in [1.165, 1.54) is 5.56 Å². The minimum atomic E-state index is -0.593. The van der Waals surface area contributed by atoms with E-state index >= 15 is 0 Å². The average molecular weight is 314 g/mol. The molecule has 1 saturated heterocycles. The molecule has 3 heterocycles. The Kier molecular flexibility index (Phi) is 3.12. The van der Waals surface area contributed by atoms with Crippen LogP contribution in [0.5, 0.6) is 0 Å². The number of rotatable bonds is 1. The largest absolute Gasteiger partial charge is 0.398 e. The summed E-state index contributed by atoms with van der Waals surface area (Å²) >= 11 is 0. The molecule has 4 N–H and O–H groups in total. The van der Waals surface area contributed by atoms with Gasteiger partial charge in [-0.05, 0) is 42.1 Å². The Morgan fingerprint density at radius 1 is 1.17 bits per heavy atom. The van der Waals surface area contributed by atoms with Gasteiger partial charge in [0.1, 0.15) is 6.04 Å². The van der Waals surface area contributed by atoms with E-state index in [2.05, 4.69) is 10.6 Å². The smallest absolute Gasteiger partial charge is 0.257 e. The zero-order valence-corrected chi connectivity index (χ0v) is 12.6. The summed E-state index contributed by atoms with van der Waals surface area (Å²) in [4.78, 5) is 37.8. The molecule has 1 aromatic carbocycles. The molecule has 1 unspecified atom stereocenters. The molecule has 0 saturated carbocycles. The monoisotopic (exact) mass is 314 g/mol. The van der Waals surface area contributed by atoms with Gasteiger partial charge in [0.05, 0.1) is 5.56 Å². The van der Waals surface area contributed by atoms with Gasteiger partial charge >= 0.3 is 0 Å². The van der Waals surface area contributed by atoms with E-state index in [4.69, 9.17) is 5.73 Å². The Bertz CT molecular complexity index is 743. The highest BCUT2D eigenvalue weighted by Gasteiger charge is 2.41. The van der Waals surface area contributed by atoms with Crippen molar-refractivity contribution in [2.75, 3.05) is 12.3 Å². The predicted octanol–water partition coefficient (Wildman–Crippen LogP) is -0.325. The second-order valence-electron chi connectivity index (χ2n) is 6.28. The molecule has 1 atom stereocenters. The molecule has 0 aromatic heterocycles. The molecule has 120 valence electrons. The lowest BCUT2D eigenvalue weighted by Crippen LogP contribution is -2.52. The summed E-state index contributed by atoms with van der Waals surface area (Å²) in [5.74, 6) is -0.872. The Hall–Kier alpha value is -2.41. The maximum absolute atomic E-state index is 12.8. The number of hydrogen-bond acceptors (Lipinski definition) is 5. The molecule has 7 heteroatoms. The third-order valence-corrected chi connectivity index (χ3v) is 4.93. The molecule has 1 aromatic rings. The van der Waals surface area contributed by atoms with Crippen LogP contribution >= 0.6 is 0 Å². The molecule has 4 rings (SSSR count). The van der Waals surface area contributed by atoms with Crippen molar-refractivity contribution < 1.29 is 14.4 Å². The third-order valence-electron chi connectivity index (χ3n) is 4.93. The lowest BCUT2D eigenvalue weighted by atomic mass is 9.92. The second-order valence-corrected chi connectivity index (χ2v) is 6.28. The number of hydrogen-bond donors (Lipinski definition) is 3. The zero-order chi connectivity index (χ0) is 16.1. The van der Waals surface area contributed by atoms with Gasteiger partial charge in [0.15, 0.2) is 0 Å². The van der Waals surface area contributed by atoms with Crippen LogP contribution in [0.15, 0.2) is 6.07 Å². The van der Waals surface area contributed by atoms with Gasteiger partial charge < -0.3 is 16.0 Å². The van der Waals surface area contributed by atoms with Crippen LogP contribution in [-0.2, 0) is 29.1 Å². The van der Waals surface area contributed by atoms with E-state index < -0.39 is 11.9 Å². The van der Waals surface area contributed by atoms with Gasteiger partial charge in [0.2, 0.25) is 11.8 Å². The lowest BCUT2D eigenvalue weighted by Gasteiger charge is -2.29. The molecule has 7 nitrogen and oxygen atoms in total. The standard InChI is InChI=1S/C16H18N4O3/c17-11-5-8-6-18-4-3-9(8)10-7-20(16(23)14(10)11)12-1-2-13(21)19-15(12)22/h5,12,18H,1-4,6-7,17H2,(H,19,21,22). The summed E-state index contributed by atoms with van der Waals surface area (Å²) in [5, 5.41) is 5.62. The number of carbonyl (C=O) groups excluding carboxylic acids is 3. The van der Waals surface area contributed by atoms with Gasteiger partial charge in [-0.2, -0.15) is 0 Å². The van der Waals surface area contributed by atoms with E-state index in [0.717, 1.165) is 30.6 Å². The van der Waals surface area contributed by atoms with Crippen molar-refractivity contribution in [3.63, 3.8) is 0 Å². The number of amides is 3. The highest BCUT2D eigenvalue weighted by Crippen LogP contribution is 2.36. The summed E-state index contributed by atoms with van der Waals surface area (Å²) in [7, 11) is 0. The second kappa shape index (κ2) is 5.06. The highest BCUT2D eigenvalue weighted by atomic mass is 16.2. The predicted molar refractivity (Wildman–Crippen MR) is 82.3 cm³/mol. The fourth-order valence-electron chi connectivity index (χ4n) is 3.82. The van der Waals surface area contributed by atoms with Crippen molar-refractivity contribution in [1.29, 1.82) is 0 Å². The summed E-state index contributed by atoms with van der Waals surface area (Å²) in [6.45, 7) is 2.02. The normalized spacial score (nSPS) is 23.6. The van der Waals surface area contributed by atoms with Crippen molar-refractivity contribution >= 4 is 23.4 Å². The van der Waals surface area contributed by atoms with Gasteiger partial charge in [-0.15, -0.1) is 0 Å². The third kappa shape index (κ3) is 2.11. The van der Waals surface area contributed by atoms with E-state index in [9.17, 15) is 14.4 Å². The number of imide groups is 1. The van der Waals surface area contributed by atoms with E-state index in [1.54, 1.807) is 4.90 Å². The summed E-state index contributed by atoms with van der Waals surface area (Å²) in [6, 6.07) is 1.27. The van der Waals surface area contributed by atoms with Gasteiger partial charge in [-0.25, -0.2) is 0 Å². The maximum Gasteiger partial charge on any atom is 0.257 e. The van der Waals surface area contributed by atoms with Gasteiger partial charge in [-0.3, -0.25) is 19.7 Å². The van der Waals surface area contributed by atoms with Crippen LogP contribution in [0.4, 0.5) is 5.69 Å². The number of anilines is 1. The number of piperidine rings is 1. The van der Waals surface area contributed by atoms with Crippen LogP contribution in [0.1, 0.15) is 39.9 Å². The van der Waals surface area contributed by atoms with Crippen molar-refractivity contribution in [2.45, 2.75) is 38.4 Å². The zero-order valence-electron chi connectivity index (χ0n) is 12.6. The van der Waals surface area contributed by atoms with Crippen LogP contribution in [0, 0.1) is 0 Å². The molecule has 23 heavy (non-hydrogen) atoms. The van der Waals surface area contributed by atoms with E-state index in [-0.39, 0.29) is 18.2 Å². The van der Waals surface area contributed by atoms with E-state index in [0.29, 0.717) is 24.2 Å². The summed E-state index contributed by atoms with van der Waals surface area (Å²) in [5.41, 5.74) is 10.4. The minimum absolute atomic E-state index is 0.201. The Morgan fingerprint density at radius 2 is 2.00 bits per heavy atom. The molecule has 0 spiro atoms. The number of nitrogens with one attached hydrogen (secondary N) is 2. The van der Waals surface area contributed by atoms with E-state index in [1.807, 2.05) is 6.07 Å². The molecule has 0 radical (unpaired) electrons. The quantitative estimate of drug-likeness (QED) is 0.486. The first-order valence-corrected chi connectivity index (χ1v) is 7.84. The average Bonchev–Trinajstić information content (AvgIpc) is 2.86. The van der Waals surface area contributed by atoms with Crippen molar-refractivity contribution in [3.8, 4) is 0 Å². The first-order valence-electron chi connectivity index (χ1n) is 7.84.